The van der Waals surface area contributed by atoms with Crippen LogP contribution in [0.1, 0.15) is 35.2 Å². The number of carbonyl (C=O) groups excluding carboxylic acids is 1. The highest BCUT2D eigenvalue weighted by Gasteiger charge is 2.37. The summed E-state index contributed by atoms with van der Waals surface area (Å²) in [7, 11) is -1.73. The summed E-state index contributed by atoms with van der Waals surface area (Å²) >= 11 is 0. The number of rotatable bonds is 5. The van der Waals surface area contributed by atoms with Gasteiger partial charge < -0.3 is 14.7 Å². The normalized spacial score (nSPS) is 24.4. The van der Waals surface area contributed by atoms with E-state index in [0.717, 1.165) is 0 Å². The molecule has 1 amide bonds. The minimum absolute atomic E-state index is 0.130. The van der Waals surface area contributed by atoms with E-state index in [2.05, 4.69) is 0 Å². The fraction of sp³-hybridized carbons (Fsp3) is 0.556. The molecular weight excluding hydrogens is 372 g/mol. The van der Waals surface area contributed by atoms with Crippen LogP contribution in [0.5, 0.6) is 0 Å². The fourth-order valence-electron chi connectivity index (χ4n) is 3.82. The lowest BCUT2D eigenvalue weighted by Gasteiger charge is -2.25. The smallest absolute Gasteiger partial charge is 0.305 e. The van der Waals surface area contributed by atoms with E-state index in [1.165, 1.54) is 4.31 Å². The van der Waals surface area contributed by atoms with Crippen molar-refractivity contribution in [2.24, 2.45) is 0 Å². The predicted octanol–water partition coefficient (Wildman–Crippen LogP) is 1.24. The Bertz CT molecular complexity index is 853. The summed E-state index contributed by atoms with van der Waals surface area (Å²) in [6, 6.07) is 4.54. The van der Waals surface area contributed by atoms with Crippen LogP contribution in [0.3, 0.4) is 0 Å². The zero-order valence-electron chi connectivity index (χ0n) is 15.4. The maximum absolute atomic E-state index is 13.0. The molecule has 0 saturated carbocycles. The Morgan fingerprint density at radius 2 is 2.07 bits per heavy atom. The average Bonchev–Trinajstić information content (AvgIpc) is 3.16. The molecule has 148 valence electrons. The summed E-state index contributed by atoms with van der Waals surface area (Å²) in [5, 5.41) is 9.12. The van der Waals surface area contributed by atoms with E-state index in [1.807, 2.05) is 0 Å². The van der Waals surface area contributed by atoms with Gasteiger partial charge in [0.1, 0.15) is 0 Å². The van der Waals surface area contributed by atoms with Crippen molar-refractivity contribution in [3.8, 4) is 0 Å². The number of carboxylic acids is 1. The molecular formula is C18H24N2O6S. The summed E-state index contributed by atoms with van der Waals surface area (Å²) in [4.78, 5) is 25.7. The van der Waals surface area contributed by atoms with Crippen molar-refractivity contribution in [3.63, 3.8) is 0 Å². The lowest BCUT2D eigenvalue weighted by Crippen LogP contribution is -2.37. The molecule has 0 radical (unpaired) electrons. The van der Waals surface area contributed by atoms with Crippen LogP contribution in [0.4, 0.5) is 5.69 Å². The highest BCUT2D eigenvalue weighted by Crippen LogP contribution is 2.29. The van der Waals surface area contributed by atoms with Crippen LogP contribution in [0.2, 0.25) is 0 Å². The van der Waals surface area contributed by atoms with E-state index >= 15 is 0 Å². The van der Waals surface area contributed by atoms with E-state index < -0.39 is 22.0 Å². The van der Waals surface area contributed by atoms with Crippen molar-refractivity contribution in [1.82, 2.24) is 4.90 Å². The van der Waals surface area contributed by atoms with Crippen LogP contribution in [-0.4, -0.2) is 68.4 Å². The number of carboxylic acid groups (broad SMARTS) is 1. The van der Waals surface area contributed by atoms with Gasteiger partial charge in [-0.25, -0.2) is 8.42 Å². The number of amides is 1. The van der Waals surface area contributed by atoms with Crippen molar-refractivity contribution in [1.29, 1.82) is 0 Å². The molecule has 9 heteroatoms. The number of sulfonamides is 1. The number of benzene rings is 1. The average molecular weight is 396 g/mol. The second-order valence-corrected chi connectivity index (χ2v) is 9.06. The van der Waals surface area contributed by atoms with Crippen LogP contribution < -0.4 is 4.31 Å². The number of methoxy groups -OCH3 is 1. The number of carbonyl (C=O) groups is 2. The minimum atomic E-state index is -3.28. The lowest BCUT2D eigenvalue weighted by atomic mass is 10.1. The predicted molar refractivity (Wildman–Crippen MR) is 99.4 cm³/mol. The maximum Gasteiger partial charge on any atom is 0.305 e. The summed E-state index contributed by atoms with van der Waals surface area (Å²) in [6.45, 7) is 2.54. The number of ether oxygens (including phenoxy) is 1. The SMILES string of the molecule is COC1CC(CC(=O)O)N(C(=O)c2ccc(N3CCCS3(=O)=O)cc2C)C1. The van der Waals surface area contributed by atoms with Gasteiger partial charge in [-0.15, -0.1) is 0 Å². The Labute approximate surface area is 158 Å². The van der Waals surface area contributed by atoms with Crippen molar-refractivity contribution in [2.45, 2.75) is 38.3 Å². The minimum Gasteiger partial charge on any atom is -0.481 e. The van der Waals surface area contributed by atoms with Gasteiger partial charge in [0.2, 0.25) is 10.0 Å². The first-order valence-corrected chi connectivity index (χ1v) is 10.5. The van der Waals surface area contributed by atoms with Gasteiger partial charge in [-0.3, -0.25) is 13.9 Å². The largest absolute Gasteiger partial charge is 0.481 e. The number of hydrogen-bond acceptors (Lipinski definition) is 5. The first-order valence-electron chi connectivity index (χ1n) is 8.89. The Morgan fingerprint density at radius 3 is 2.63 bits per heavy atom. The number of nitrogens with zero attached hydrogens (tertiary/aromatic N) is 2. The van der Waals surface area contributed by atoms with E-state index in [-0.39, 0.29) is 24.2 Å². The van der Waals surface area contributed by atoms with Crippen LogP contribution in [-0.2, 0) is 19.6 Å². The van der Waals surface area contributed by atoms with Gasteiger partial charge in [0.15, 0.2) is 0 Å². The molecule has 2 saturated heterocycles. The van der Waals surface area contributed by atoms with E-state index in [0.29, 0.717) is 42.7 Å². The molecule has 1 aromatic carbocycles. The second kappa shape index (κ2) is 7.47. The van der Waals surface area contributed by atoms with Gasteiger partial charge in [-0.1, -0.05) is 0 Å². The Hall–Kier alpha value is -2.13. The summed E-state index contributed by atoms with van der Waals surface area (Å²) in [5.41, 5.74) is 1.66. The van der Waals surface area contributed by atoms with E-state index in [4.69, 9.17) is 9.84 Å². The molecule has 0 spiro atoms. The summed E-state index contributed by atoms with van der Waals surface area (Å²) < 4.78 is 30.9. The number of likely N-dealkylation sites (tertiary alicyclic amines) is 1. The molecule has 0 bridgehead atoms. The van der Waals surface area contributed by atoms with Crippen molar-refractivity contribution < 1.29 is 27.9 Å². The van der Waals surface area contributed by atoms with Crippen LogP contribution >= 0.6 is 0 Å². The number of hydrogen-bond donors (Lipinski definition) is 1. The maximum atomic E-state index is 13.0. The molecule has 0 aliphatic carbocycles. The first-order chi connectivity index (χ1) is 12.7. The molecule has 2 atom stereocenters. The van der Waals surface area contributed by atoms with Crippen LogP contribution in [0.25, 0.3) is 0 Å². The standard InChI is InChI=1S/C18H24N2O6S/c1-12-8-13(20-6-3-7-27(20,24)25)4-5-16(12)18(23)19-11-15(26-2)9-14(19)10-17(21)22/h4-5,8,14-15H,3,6-7,9-11H2,1-2H3,(H,21,22). The Kier molecular flexibility index (Phi) is 5.43. The third kappa shape index (κ3) is 3.93. The number of anilines is 1. The molecule has 27 heavy (non-hydrogen) atoms. The van der Waals surface area contributed by atoms with Crippen LogP contribution in [0, 0.1) is 6.92 Å². The number of aliphatic carboxylic acids is 1. The van der Waals surface area contributed by atoms with Gasteiger partial charge in [0.25, 0.3) is 5.91 Å². The highest BCUT2D eigenvalue weighted by molar-refractivity contribution is 7.93. The van der Waals surface area contributed by atoms with Gasteiger partial charge >= 0.3 is 5.97 Å². The molecule has 2 aliphatic heterocycles. The van der Waals surface area contributed by atoms with E-state index in [9.17, 15) is 18.0 Å². The molecule has 0 aromatic heterocycles. The quantitative estimate of drug-likeness (QED) is 0.803. The van der Waals surface area contributed by atoms with Crippen molar-refractivity contribution in [3.05, 3.63) is 29.3 Å². The zero-order chi connectivity index (χ0) is 19.8. The molecule has 2 heterocycles. The van der Waals surface area contributed by atoms with Gasteiger partial charge in [0, 0.05) is 31.8 Å². The molecule has 1 aromatic rings. The summed E-state index contributed by atoms with van der Waals surface area (Å²) in [6.07, 6.45) is 0.755. The number of aryl methyl sites for hydroxylation is 1. The van der Waals surface area contributed by atoms with Gasteiger partial charge in [-0.2, -0.15) is 0 Å². The Balaban J connectivity index is 1.85. The summed E-state index contributed by atoms with van der Waals surface area (Å²) in [5.74, 6) is -1.08. The van der Waals surface area contributed by atoms with Gasteiger partial charge in [0.05, 0.1) is 24.0 Å². The van der Waals surface area contributed by atoms with Gasteiger partial charge in [-0.05, 0) is 43.5 Å². The second-order valence-electron chi connectivity index (χ2n) is 7.04. The Morgan fingerprint density at radius 1 is 1.33 bits per heavy atom. The lowest BCUT2D eigenvalue weighted by molar-refractivity contribution is -0.138. The van der Waals surface area contributed by atoms with E-state index in [1.54, 1.807) is 37.1 Å². The monoisotopic (exact) mass is 396 g/mol. The first kappa shape index (κ1) is 19.6. The zero-order valence-corrected chi connectivity index (χ0v) is 16.2. The fourth-order valence-corrected chi connectivity index (χ4v) is 5.37. The van der Waals surface area contributed by atoms with Crippen LogP contribution in [0.15, 0.2) is 18.2 Å². The third-order valence-electron chi connectivity index (χ3n) is 5.21. The topological polar surface area (TPSA) is 104 Å². The molecule has 2 fully saturated rings. The highest BCUT2D eigenvalue weighted by atomic mass is 32.2. The molecule has 2 unspecified atom stereocenters. The molecule has 8 nitrogen and oxygen atoms in total. The molecule has 2 aliphatic rings. The third-order valence-corrected chi connectivity index (χ3v) is 7.08. The molecule has 3 rings (SSSR count). The van der Waals surface area contributed by atoms with Crippen molar-refractivity contribution >= 4 is 27.6 Å². The molecule has 1 N–H and O–H groups in total. The van der Waals surface area contributed by atoms with Crippen molar-refractivity contribution in [2.75, 3.05) is 30.3 Å².